The van der Waals surface area contributed by atoms with Gasteiger partial charge in [-0.2, -0.15) is 0 Å². The smallest absolute Gasteiger partial charge is 0.265 e. The van der Waals surface area contributed by atoms with Gasteiger partial charge >= 0.3 is 0 Å². The number of carbonyl (C=O) groups excluding carboxylic acids is 1. The van der Waals surface area contributed by atoms with Crippen molar-refractivity contribution in [2.75, 3.05) is 11.9 Å². The Morgan fingerprint density at radius 2 is 1.54 bits per heavy atom. The third-order valence-corrected chi connectivity index (χ3v) is 3.40. The monoisotopic (exact) mass is 346 g/mol. The number of hydrogen-bond donors (Lipinski definition) is 1. The number of carbonyl (C=O) groups is 1. The Kier molecular flexibility index (Phi) is 5.99. The quantitative estimate of drug-likeness (QED) is 0.507. The average Bonchev–Trinajstić information content (AvgIpc) is 2.68. The molecule has 0 bridgehead atoms. The van der Waals surface area contributed by atoms with Gasteiger partial charge in [-0.15, -0.1) is 0 Å². The molecule has 0 saturated carbocycles. The molecule has 0 unspecified atom stereocenters. The fourth-order valence-electron chi connectivity index (χ4n) is 2.19. The molecule has 5 nitrogen and oxygen atoms in total. The molecule has 130 valence electrons. The lowest BCUT2D eigenvalue weighted by Crippen LogP contribution is -2.17. The standard InChI is InChI=1S/C21H18N2O3/c24-21(16-25-22-15-17-9-3-1-4-10-17)23-19-13-7-8-14-20(19)26-18-11-5-2-6-12-18/h1-15H,16H2,(H,23,24)/b22-15-. The fraction of sp³-hybridized carbons (Fsp3) is 0.0476. The highest BCUT2D eigenvalue weighted by Crippen LogP contribution is 2.28. The second-order valence-corrected chi connectivity index (χ2v) is 5.38. The van der Waals surface area contributed by atoms with Crippen LogP contribution in [-0.2, 0) is 9.63 Å². The summed E-state index contributed by atoms with van der Waals surface area (Å²) in [5.74, 6) is 0.928. The van der Waals surface area contributed by atoms with Gasteiger partial charge in [0.05, 0.1) is 11.9 Å². The minimum Gasteiger partial charge on any atom is -0.455 e. The molecule has 0 aromatic heterocycles. The van der Waals surface area contributed by atoms with Crippen LogP contribution in [0.4, 0.5) is 5.69 Å². The molecule has 3 aromatic rings. The highest BCUT2D eigenvalue weighted by molar-refractivity contribution is 5.93. The normalized spacial score (nSPS) is 10.5. The lowest BCUT2D eigenvalue weighted by molar-refractivity contribution is -0.120. The summed E-state index contributed by atoms with van der Waals surface area (Å²) in [4.78, 5) is 17.1. The summed E-state index contributed by atoms with van der Waals surface area (Å²) in [6.45, 7) is -0.191. The van der Waals surface area contributed by atoms with Crippen molar-refractivity contribution in [2.24, 2.45) is 5.16 Å². The van der Waals surface area contributed by atoms with E-state index >= 15 is 0 Å². The summed E-state index contributed by atoms with van der Waals surface area (Å²) >= 11 is 0. The molecule has 0 radical (unpaired) electrons. The Morgan fingerprint density at radius 3 is 2.31 bits per heavy atom. The molecule has 0 spiro atoms. The van der Waals surface area contributed by atoms with E-state index in [0.29, 0.717) is 17.2 Å². The number of nitrogens with one attached hydrogen (secondary N) is 1. The molecule has 0 atom stereocenters. The van der Waals surface area contributed by atoms with E-state index in [1.807, 2.05) is 72.8 Å². The first-order valence-electron chi connectivity index (χ1n) is 8.13. The van der Waals surface area contributed by atoms with Gasteiger partial charge in [0.1, 0.15) is 5.75 Å². The predicted octanol–water partition coefficient (Wildman–Crippen LogP) is 4.47. The van der Waals surface area contributed by atoms with Gasteiger partial charge in [0.25, 0.3) is 5.91 Å². The molecule has 0 aliphatic rings. The minimum absolute atomic E-state index is 0.191. The second kappa shape index (κ2) is 9.03. The summed E-state index contributed by atoms with van der Waals surface area (Å²) in [5.41, 5.74) is 1.46. The molecule has 1 N–H and O–H groups in total. The van der Waals surface area contributed by atoms with E-state index in [-0.39, 0.29) is 12.5 Å². The number of para-hydroxylation sites is 3. The van der Waals surface area contributed by atoms with E-state index in [9.17, 15) is 4.79 Å². The van der Waals surface area contributed by atoms with Gasteiger partial charge in [0.15, 0.2) is 12.4 Å². The van der Waals surface area contributed by atoms with Crippen LogP contribution in [0.15, 0.2) is 90.1 Å². The number of ether oxygens (including phenoxy) is 1. The second-order valence-electron chi connectivity index (χ2n) is 5.38. The van der Waals surface area contributed by atoms with Gasteiger partial charge in [0.2, 0.25) is 0 Å². The zero-order chi connectivity index (χ0) is 18.0. The Hall–Kier alpha value is -3.60. The van der Waals surface area contributed by atoms with Crippen molar-refractivity contribution in [3.05, 3.63) is 90.5 Å². The predicted molar refractivity (Wildman–Crippen MR) is 102 cm³/mol. The molecule has 26 heavy (non-hydrogen) atoms. The molecule has 3 aromatic carbocycles. The topological polar surface area (TPSA) is 59.9 Å². The van der Waals surface area contributed by atoms with Crippen LogP contribution in [0, 0.1) is 0 Å². The van der Waals surface area contributed by atoms with Crippen LogP contribution in [0.5, 0.6) is 11.5 Å². The van der Waals surface area contributed by atoms with Crippen LogP contribution < -0.4 is 10.1 Å². The number of benzene rings is 3. The number of anilines is 1. The van der Waals surface area contributed by atoms with Gasteiger partial charge in [-0.3, -0.25) is 4.79 Å². The van der Waals surface area contributed by atoms with Crippen molar-refractivity contribution >= 4 is 17.8 Å². The maximum atomic E-state index is 12.1. The van der Waals surface area contributed by atoms with Gasteiger partial charge in [-0.05, 0) is 29.8 Å². The van der Waals surface area contributed by atoms with Crippen molar-refractivity contribution in [3.8, 4) is 11.5 Å². The number of oxime groups is 1. The first-order chi connectivity index (χ1) is 12.8. The van der Waals surface area contributed by atoms with E-state index in [4.69, 9.17) is 9.57 Å². The van der Waals surface area contributed by atoms with Crippen molar-refractivity contribution in [2.45, 2.75) is 0 Å². The van der Waals surface area contributed by atoms with Gasteiger partial charge in [-0.1, -0.05) is 65.8 Å². The molecule has 3 rings (SSSR count). The van der Waals surface area contributed by atoms with Crippen LogP contribution in [0.3, 0.4) is 0 Å². The zero-order valence-electron chi connectivity index (χ0n) is 14.0. The molecular formula is C21H18N2O3. The zero-order valence-corrected chi connectivity index (χ0v) is 14.0. The number of nitrogens with zero attached hydrogens (tertiary/aromatic N) is 1. The van der Waals surface area contributed by atoms with Crippen molar-refractivity contribution in [1.29, 1.82) is 0 Å². The first kappa shape index (κ1) is 17.2. The van der Waals surface area contributed by atoms with E-state index < -0.39 is 0 Å². The maximum Gasteiger partial charge on any atom is 0.265 e. The van der Waals surface area contributed by atoms with Crippen molar-refractivity contribution in [3.63, 3.8) is 0 Å². The first-order valence-corrected chi connectivity index (χ1v) is 8.13. The van der Waals surface area contributed by atoms with Crippen LogP contribution in [0.25, 0.3) is 0 Å². The van der Waals surface area contributed by atoms with Crippen LogP contribution >= 0.6 is 0 Å². The van der Waals surface area contributed by atoms with Crippen LogP contribution in [0.2, 0.25) is 0 Å². The highest BCUT2D eigenvalue weighted by atomic mass is 16.6. The van der Waals surface area contributed by atoms with Crippen molar-refractivity contribution in [1.82, 2.24) is 0 Å². The van der Waals surface area contributed by atoms with E-state index in [1.54, 1.807) is 18.3 Å². The minimum atomic E-state index is -0.320. The summed E-state index contributed by atoms with van der Waals surface area (Å²) in [7, 11) is 0. The third kappa shape index (κ3) is 5.21. The summed E-state index contributed by atoms with van der Waals surface area (Å²) in [5, 5.41) is 6.56. The molecule has 5 heteroatoms. The third-order valence-electron chi connectivity index (χ3n) is 3.40. The summed E-state index contributed by atoms with van der Waals surface area (Å²) in [6.07, 6.45) is 1.56. The van der Waals surface area contributed by atoms with E-state index in [2.05, 4.69) is 10.5 Å². The maximum absolute atomic E-state index is 12.1. The number of rotatable bonds is 7. The Bertz CT molecular complexity index is 865. The van der Waals surface area contributed by atoms with Crippen LogP contribution in [-0.4, -0.2) is 18.7 Å². The molecule has 0 aliphatic carbocycles. The Labute approximate surface area is 151 Å². The van der Waals surface area contributed by atoms with Gasteiger partial charge < -0.3 is 14.9 Å². The molecule has 0 aliphatic heterocycles. The molecular weight excluding hydrogens is 328 g/mol. The SMILES string of the molecule is O=C(CO/N=C\c1ccccc1)Nc1ccccc1Oc1ccccc1. The number of amides is 1. The van der Waals surface area contributed by atoms with E-state index in [0.717, 1.165) is 5.56 Å². The summed E-state index contributed by atoms with van der Waals surface area (Å²) in [6, 6.07) is 26.1. The summed E-state index contributed by atoms with van der Waals surface area (Å²) < 4.78 is 5.81. The lowest BCUT2D eigenvalue weighted by atomic mass is 10.2. The van der Waals surface area contributed by atoms with E-state index in [1.165, 1.54) is 0 Å². The Morgan fingerprint density at radius 1 is 0.885 bits per heavy atom. The fourth-order valence-corrected chi connectivity index (χ4v) is 2.19. The number of hydrogen-bond acceptors (Lipinski definition) is 4. The van der Waals surface area contributed by atoms with Gasteiger partial charge in [0, 0.05) is 0 Å². The van der Waals surface area contributed by atoms with Gasteiger partial charge in [-0.25, -0.2) is 0 Å². The highest BCUT2D eigenvalue weighted by Gasteiger charge is 2.08. The average molecular weight is 346 g/mol. The molecule has 1 amide bonds. The lowest BCUT2D eigenvalue weighted by Gasteiger charge is -2.11. The molecule has 0 heterocycles. The Balaban J connectivity index is 1.55. The molecule has 0 saturated heterocycles. The molecule has 0 fully saturated rings. The van der Waals surface area contributed by atoms with Crippen LogP contribution in [0.1, 0.15) is 5.56 Å². The van der Waals surface area contributed by atoms with Crippen molar-refractivity contribution < 1.29 is 14.4 Å². The largest absolute Gasteiger partial charge is 0.455 e.